The lowest BCUT2D eigenvalue weighted by molar-refractivity contribution is -0.150. The Labute approximate surface area is 108 Å². The normalized spacial score (nSPS) is 23.7. The highest BCUT2D eigenvalue weighted by Gasteiger charge is 2.43. The molecule has 106 valence electrons. The van der Waals surface area contributed by atoms with Crippen molar-refractivity contribution in [1.82, 2.24) is 4.90 Å². The molecule has 18 heavy (non-hydrogen) atoms. The standard InChI is InChI=1S/C12H23NO5/c1-16-7-4-13(5-8-17-2)9-12(11(14)15)3-6-18-10-12/h3-10H2,1-2H3,(H,14,15). The molecule has 0 aliphatic carbocycles. The molecule has 1 aliphatic heterocycles. The predicted molar refractivity (Wildman–Crippen MR) is 65.7 cm³/mol. The van der Waals surface area contributed by atoms with Crippen molar-refractivity contribution in [1.29, 1.82) is 0 Å². The van der Waals surface area contributed by atoms with E-state index in [2.05, 4.69) is 4.90 Å². The van der Waals surface area contributed by atoms with Gasteiger partial charge in [0, 0.05) is 40.5 Å². The molecule has 0 bridgehead atoms. The summed E-state index contributed by atoms with van der Waals surface area (Å²) in [6.45, 7) is 3.87. The van der Waals surface area contributed by atoms with Crippen LogP contribution in [0.15, 0.2) is 0 Å². The van der Waals surface area contributed by atoms with Crippen LogP contribution in [-0.4, -0.2) is 76.3 Å². The highest BCUT2D eigenvalue weighted by atomic mass is 16.5. The van der Waals surface area contributed by atoms with Crippen LogP contribution < -0.4 is 0 Å². The summed E-state index contributed by atoms with van der Waals surface area (Å²) in [5, 5.41) is 9.39. The molecule has 6 nitrogen and oxygen atoms in total. The van der Waals surface area contributed by atoms with Gasteiger partial charge in [0.05, 0.1) is 19.8 Å². The lowest BCUT2D eigenvalue weighted by atomic mass is 9.87. The van der Waals surface area contributed by atoms with Gasteiger partial charge in [-0.15, -0.1) is 0 Å². The van der Waals surface area contributed by atoms with Crippen molar-refractivity contribution in [3.63, 3.8) is 0 Å². The highest BCUT2D eigenvalue weighted by Crippen LogP contribution is 2.30. The van der Waals surface area contributed by atoms with Crippen molar-refractivity contribution in [2.45, 2.75) is 6.42 Å². The average Bonchev–Trinajstić information content (AvgIpc) is 2.82. The maximum absolute atomic E-state index is 11.4. The number of rotatable bonds is 9. The van der Waals surface area contributed by atoms with Crippen LogP contribution in [0.3, 0.4) is 0 Å². The van der Waals surface area contributed by atoms with Crippen molar-refractivity contribution in [3.8, 4) is 0 Å². The molecule has 1 heterocycles. The summed E-state index contributed by atoms with van der Waals surface area (Å²) in [6.07, 6.45) is 0.568. The molecule has 0 amide bonds. The van der Waals surface area contributed by atoms with Gasteiger partial charge in [-0.05, 0) is 6.42 Å². The third-order valence-electron chi connectivity index (χ3n) is 3.31. The summed E-state index contributed by atoms with van der Waals surface area (Å²) >= 11 is 0. The van der Waals surface area contributed by atoms with E-state index in [0.717, 1.165) is 0 Å². The molecule has 6 heteroatoms. The molecule has 0 aromatic rings. The first kappa shape index (κ1) is 15.4. The summed E-state index contributed by atoms with van der Waals surface area (Å²) in [5.41, 5.74) is -0.776. The van der Waals surface area contributed by atoms with Crippen LogP contribution in [-0.2, 0) is 19.0 Å². The van der Waals surface area contributed by atoms with E-state index >= 15 is 0 Å². The lowest BCUT2D eigenvalue weighted by Crippen LogP contribution is -2.45. The molecule has 1 saturated heterocycles. The number of hydrogen-bond donors (Lipinski definition) is 1. The van der Waals surface area contributed by atoms with Crippen molar-refractivity contribution < 1.29 is 24.1 Å². The van der Waals surface area contributed by atoms with Crippen LogP contribution in [0.1, 0.15) is 6.42 Å². The molecule has 0 spiro atoms. The molecule has 0 saturated carbocycles. The Kier molecular flexibility index (Phi) is 6.56. The maximum Gasteiger partial charge on any atom is 0.313 e. The predicted octanol–water partition coefficient (Wildman–Crippen LogP) is 0.0725. The van der Waals surface area contributed by atoms with E-state index in [0.29, 0.717) is 52.5 Å². The van der Waals surface area contributed by atoms with E-state index in [-0.39, 0.29) is 0 Å². The maximum atomic E-state index is 11.4. The van der Waals surface area contributed by atoms with Crippen molar-refractivity contribution in [2.75, 3.05) is 60.3 Å². The van der Waals surface area contributed by atoms with Gasteiger partial charge in [-0.25, -0.2) is 0 Å². The van der Waals surface area contributed by atoms with Gasteiger partial charge in [0.1, 0.15) is 5.41 Å². The molecule has 1 atom stereocenters. The Morgan fingerprint density at radius 1 is 1.33 bits per heavy atom. The molecule has 0 aromatic heterocycles. The Hall–Kier alpha value is -0.690. The van der Waals surface area contributed by atoms with Crippen LogP contribution >= 0.6 is 0 Å². The summed E-state index contributed by atoms with van der Waals surface area (Å²) in [4.78, 5) is 13.5. The highest BCUT2D eigenvalue weighted by molar-refractivity contribution is 5.75. The van der Waals surface area contributed by atoms with Gasteiger partial charge >= 0.3 is 5.97 Å². The van der Waals surface area contributed by atoms with Crippen LogP contribution in [0.2, 0.25) is 0 Å². The minimum Gasteiger partial charge on any atom is -0.481 e. The summed E-state index contributed by atoms with van der Waals surface area (Å²) in [6, 6.07) is 0. The van der Waals surface area contributed by atoms with Gasteiger partial charge in [-0.2, -0.15) is 0 Å². The summed E-state index contributed by atoms with van der Waals surface area (Å²) in [5.74, 6) is -0.778. The van der Waals surface area contributed by atoms with Gasteiger partial charge in [-0.1, -0.05) is 0 Å². The van der Waals surface area contributed by atoms with E-state index in [9.17, 15) is 9.90 Å². The smallest absolute Gasteiger partial charge is 0.313 e. The zero-order valence-corrected chi connectivity index (χ0v) is 11.2. The quantitative estimate of drug-likeness (QED) is 0.633. The average molecular weight is 261 g/mol. The lowest BCUT2D eigenvalue weighted by Gasteiger charge is -2.30. The number of methoxy groups -OCH3 is 2. The third kappa shape index (κ3) is 4.20. The van der Waals surface area contributed by atoms with Crippen LogP contribution in [0, 0.1) is 5.41 Å². The fourth-order valence-corrected chi connectivity index (χ4v) is 2.11. The molecular weight excluding hydrogens is 238 g/mol. The van der Waals surface area contributed by atoms with E-state index in [1.807, 2.05) is 0 Å². The number of nitrogens with zero attached hydrogens (tertiary/aromatic N) is 1. The van der Waals surface area contributed by atoms with Crippen LogP contribution in [0.4, 0.5) is 0 Å². The van der Waals surface area contributed by atoms with Crippen LogP contribution in [0.5, 0.6) is 0 Å². The zero-order valence-electron chi connectivity index (χ0n) is 11.2. The van der Waals surface area contributed by atoms with Gasteiger partial charge in [-0.3, -0.25) is 9.69 Å². The first-order chi connectivity index (χ1) is 8.64. The van der Waals surface area contributed by atoms with Gasteiger partial charge in [0.2, 0.25) is 0 Å². The number of aliphatic carboxylic acids is 1. The second kappa shape index (κ2) is 7.68. The van der Waals surface area contributed by atoms with E-state index in [1.54, 1.807) is 14.2 Å². The fourth-order valence-electron chi connectivity index (χ4n) is 2.11. The SMILES string of the molecule is COCCN(CCOC)CC1(C(=O)O)CCOC1. The summed E-state index contributed by atoms with van der Waals surface area (Å²) < 4.78 is 15.4. The first-order valence-corrected chi connectivity index (χ1v) is 6.16. The third-order valence-corrected chi connectivity index (χ3v) is 3.31. The number of hydrogen-bond acceptors (Lipinski definition) is 5. The number of carboxylic acid groups (broad SMARTS) is 1. The van der Waals surface area contributed by atoms with Crippen molar-refractivity contribution in [3.05, 3.63) is 0 Å². The molecule has 1 rings (SSSR count). The van der Waals surface area contributed by atoms with Crippen molar-refractivity contribution in [2.24, 2.45) is 5.41 Å². The summed E-state index contributed by atoms with van der Waals surface area (Å²) in [7, 11) is 3.28. The molecule has 1 aliphatic rings. The molecular formula is C12H23NO5. The van der Waals surface area contributed by atoms with Gasteiger partial charge in [0.15, 0.2) is 0 Å². The fraction of sp³-hybridized carbons (Fsp3) is 0.917. The zero-order chi connectivity index (χ0) is 13.4. The second-order valence-electron chi connectivity index (χ2n) is 4.65. The topological polar surface area (TPSA) is 68.2 Å². The van der Waals surface area contributed by atoms with Crippen LogP contribution in [0.25, 0.3) is 0 Å². The minimum absolute atomic E-state index is 0.290. The Bertz CT molecular complexity index is 245. The Morgan fingerprint density at radius 2 is 1.94 bits per heavy atom. The Morgan fingerprint density at radius 3 is 2.33 bits per heavy atom. The molecule has 1 unspecified atom stereocenters. The monoisotopic (exact) mass is 261 g/mol. The second-order valence-corrected chi connectivity index (χ2v) is 4.65. The van der Waals surface area contributed by atoms with E-state index < -0.39 is 11.4 Å². The minimum atomic E-state index is -0.778. The largest absolute Gasteiger partial charge is 0.481 e. The van der Waals surface area contributed by atoms with E-state index in [4.69, 9.17) is 14.2 Å². The van der Waals surface area contributed by atoms with Gasteiger partial charge < -0.3 is 19.3 Å². The number of ether oxygens (including phenoxy) is 3. The van der Waals surface area contributed by atoms with Crippen molar-refractivity contribution >= 4 is 5.97 Å². The first-order valence-electron chi connectivity index (χ1n) is 6.16. The molecule has 1 N–H and O–H groups in total. The molecule has 1 fully saturated rings. The number of carbonyl (C=O) groups is 1. The molecule has 0 aromatic carbocycles. The number of carboxylic acids is 1. The van der Waals surface area contributed by atoms with E-state index in [1.165, 1.54) is 0 Å². The Balaban J connectivity index is 2.57. The van der Waals surface area contributed by atoms with Gasteiger partial charge in [0.25, 0.3) is 0 Å². The molecule has 0 radical (unpaired) electrons.